The highest BCUT2D eigenvalue weighted by Gasteiger charge is 2.11. The van der Waals surface area contributed by atoms with Gasteiger partial charge in [0, 0.05) is 12.8 Å². The molecule has 2 heteroatoms. The Kier molecular flexibility index (Phi) is 3.93. The van der Waals surface area contributed by atoms with E-state index in [2.05, 4.69) is 32.1 Å². The second kappa shape index (κ2) is 4.99. The molecule has 0 saturated heterocycles. The molecule has 14 heavy (non-hydrogen) atoms. The summed E-state index contributed by atoms with van der Waals surface area (Å²) in [6.45, 7) is 6.32. The first-order valence-corrected chi connectivity index (χ1v) is 5.11. The topological polar surface area (TPSA) is 26.3 Å². The van der Waals surface area contributed by atoms with Crippen molar-refractivity contribution >= 4 is 5.97 Å². The van der Waals surface area contributed by atoms with Gasteiger partial charge in [0.05, 0.1) is 6.61 Å². The van der Waals surface area contributed by atoms with Gasteiger partial charge in [0.2, 0.25) is 0 Å². The molecule has 78 valence electrons. The van der Waals surface area contributed by atoms with Crippen molar-refractivity contribution in [3.05, 3.63) is 23.8 Å². The van der Waals surface area contributed by atoms with E-state index in [1.165, 1.54) is 12.5 Å². The van der Waals surface area contributed by atoms with E-state index in [9.17, 15) is 4.79 Å². The van der Waals surface area contributed by atoms with Gasteiger partial charge >= 0.3 is 5.97 Å². The molecule has 1 atom stereocenters. The molecule has 0 N–H and O–H groups in total. The molecule has 0 aromatic rings. The van der Waals surface area contributed by atoms with Crippen LogP contribution in [0.25, 0.3) is 0 Å². The van der Waals surface area contributed by atoms with Gasteiger partial charge < -0.3 is 4.74 Å². The van der Waals surface area contributed by atoms with Gasteiger partial charge in [-0.15, -0.1) is 0 Å². The molecule has 1 rings (SSSR count). The van der Waals surface area contributed by atoms with Crippen molar-refractivity contribution in [2.24, 2.45) is 11.8 Å². The van der Waals surface area contributed by atoms with Crippen LogP contribution in [0.4, 0.5) is 0 Å². The smallest absolute Gasteiger partial charge is 0.302 e. The molecule has 0 radical (unpaired) electrons. The van der Waals surface area contributed by atoms with E-state index in [-0.39, 0.29) is 5.97 Å². The standard InChI is InChI=1S/C12H18O2/c1-9(2)12-6-4-11(5-7-12)8-14-10(3)13/h4,6-7,9,11H,5,8H2,1-3H3. The summed E-state index contributed by atoms with van der Waals surface area (Å²) in [4.78, 5) is 10.6. The number of hydrogen-bond acceptors (Lipinski definition) is 2. The highest BCUT2D eigenvalue weighted by Crippen LogP contribution is 2.21. The van der Waals surface area contributed by atoms with Crippen molar-refractivity contribution in [3.8, 4) is 0 Å². The van der Waals surface area contributed by atoms with E-state index < -0.39 is 0 Å². The van der Waals surface area contributed by atoms with Crippen LogP contribution in [0.15, 0.2) is 23.8 Å². The first-order chi connectivity index (χ1) is 6.59. The zero-order chi connectivity index (χ0) is 10.6. The van der Waals surface area contributed by atoms with Crippen LogP contribution in [0.1, 0.15) is 27.2 Å². The lowest BCUT2D eigenvalue weighted by atomic mass is 9.92. The Morgan fingerprint density at radius 3 is 2.79 bits per heavy atom. The zero-order valence-electron chi connectivity index (χ0n) is 9.12. The van der Waals surface area contributed by atoms with Gasteiger partial charge in [0.1, 0.15) is 0 Å². The zero-order valence-corrected chi connectivity index (χ0v) is 9.12. The molecule has 0 amide bonds. The van der Waals surface area contributed by atoms with E-state index in [1.54, 1.807) is 0 Å². The summed E-state index contributed by atoms with van der Waals surface area (Å²) in [5, 5.41) is 0. The van der Waals surface area contributed by atoms with Gasteiger partial charge in [-0.05, 0) is 17.9 Å². The molecule has 0 saturated carbocycles. The van der Waals surface area contributed by atoms with E-state index in [1.807, 2.05) is 0 Å². The first-order valence-electron chi connectivity index (χ1n) is 5.11. The minimum Gasteiger partial charge on any atom is -0.465 e. The third-order valence-electron chi connectivity index (χ3n) is 2.38. The summed E-state index contributed by atoms with van der Waals surface area (Å²) in [7, 11) is 0. The summed E-state index contributed by atoms with van der Waals surface area (Å²) < 4.78 is 4.96. The predicted octanol–water partition coefficient (Wildman–Crippen LogP) is 2.71. The quantitative estimate of drug-likeness (QED) is 0.646. The van der Waals surface area contributed by atoms with Crippen molar-refractivity contribution in [2.45, 2.75) is 27.2 Å². The Hall–Kier alpha value is -1.05. The molecule has 1 aliphatic rings. The Labute approximate surface area is 85.6 Å². The van der Waals surface area contributed by atoms with Gasteiger partial charge in [-0.3, -0.25) is 4.79 Å². The number of carbonyl (C=O) groups excluding carboxylic acids is 1. The van der Waals surface area contributed by atoms with E-state index >= 15 is 0 Å². The lowest BCUT2D eigenvalue weighted by Crippen LogP contribution is -2.12. The second-order valence-corrected chi connectivity index (χ2v) is 4.02. The van der Waals surface area contributed by atoms with Gasteiger partial charge in [0.25, 0.3) is 0 Å². The van der Waals surface area contributed by atoms with Crippen molar-refractivity contribution in [3.63, 3.8) is 0 Å². The summed E-state index contributed by atoms with van der Waals surface area (Å²) in [5.74, 6) is 0.749. The predicted molar refractivity (Wildman–Crippen MR) is 56.8 cm³/mol. The average molecular weight is 194 g/mol. The fraction of sp³-hybridized carbons (Fsp3) is 0.583. The van der Waals surface area contributed by atoms with Crippen LogP contribution in [0.5, 0.6) is 0 Å². The number of ether oxygens (including phenoxy) is 1. The molecule has 1 unspecified atom stereocenters. The van der Waals surface area contributed by atoms with Crippen LogP contribution in [0, 0.1) is 11.8 Å². The Morgan fingerprint density at radius 2 is 2.36 bits per heavy atom. The van der Waals surface area contributed by atoms with Gasteiger partial charge in [0.15, 0.2) is 0 Å². The van der Waals surface area contributed by atoms with E-state index in [0.717, 1.165) is 6.42 Å². The lowest BCUT2D eigenvalue weighted by molar-refractivity contribution is -0.141. The molecule has 0 spiro atoms. The highest BCUT2D eigenvalue weighted by molar-refractivity contribution is 5.65. The molecular formula is C12H18O2. The van der Waals surface area contributed by atoms with Crippen LogP contribution in [-0.4, -0.2) is 12.6 Å². The second-order valence-electron chi connectivity index (χ2n) is 4.02. The summed E-state index contributed by atoms with van der Waals surface area (Å²) in [6, 6.07) is 0. The summed E-state index contributed by atoms with van der Waals surface area (Å²) in [5.41, 5.74) is 1.38. The molecule has 0 heterocycles. The van der Waals surface area contributed by atoms with E-state index in [0.29, 0.717) is 18.4 Å². The number of esters is 1. The van der Waals surface area contributed by atoms with Gasteiger partial charge in [-0.2, -0.15) is 0 Å². The van der Waals surface area contributed by atoms with Crippen LogP contribution in [0.3, 0.4) is 0 Å². The third kappa shape index (κ3) is 3.36. The number of carbonyl (C=O) groups is 1. The van der Waals surface area contributed by atoms with Crippen LogP contribution < -0.4 is 0 Å². The average Bonchev–Trinajstić information content (AvgIpc) is 2.15. The number of hydrogen-bond donors (Lipinski definition) is 0. The minimum atomic E-state index is -0.197. The SMILES string of the molecule is CC(=O)OCC1C=CC(C(C)C)=CC1. The Bertz CT molecular complexity index is 261. The minimum absolute atomic E-state index is 0.197. The van der Waals surface area contributed by atoms with E-state index in [4.69, 9.17) is 4.74 Å². The molecule has 0 fully saturated rings. The van der Waals surface area contributed by atoms with Gasteiger partial charge in [-0.1, -0.05) is 32.1 Å². The largest absolute Gasteiger partial charge is 0.465 e. The lowest BCUT2D eigenvalue weighted by Gasteiger charge is -2.17. The maximum atomic E-state index is 10.6. The molecule has 0 aliphatic heterocycles. The van der Waals surface area contributed by atoms with Crippen LogP contribution >= 0.6 is 0 Å². The molecule has 1 aliphatic carbocycles. The molecular weight excluding hydrogens is 176 g/mol. The van der Waals surface area contributed by atoms with Crippen molar-refractivity contribution in [1.29, 1.82) is 0 Å². The number of allylic oxidation sites excluding steroid dienone is 3. The molecule has 0 aromatic carbocycles. The normalized spacial score (nSPS) is 20.9. The third-order valence-corrected chi connectivity index (χ3v) is 2.38. The highest BCUT2D eigenvalue weighted by atomic mass is 16.5. The maximum Gasteiger partial charge on any atom is 0.302 e. The fourth-order valence-corrected chi connectivity index (χ4v) is 1.46. The van der Waals surface area contributed by atoms with Crippen LogP contribution in [0.2, 0.25) is 0 Å². The Balaban J connectivity index is 2.37. The van der Waals surface area contributed by atoms with Crippen LogP contribution in [-0.2, 0) is 9.53 Å². The summed E-state index contributed by atoms with van der Waals surface area (Å²) in [6.07, 6.45) is 7.50. The molecule has 2 nitrogen and oxygen atoms in total. The molecule has 0 bridgehead atoms. The van der Waals surface area contributed by atoms with Gasteiger partial charge in [-0.25, -0.2) is 0 Å². The molecule has 0 aromatic heterocycles. The maximum absolute atomic E-state index is 10.6. The fourth-order valence-electron chi connectivity index (χ4n) is 1.46. The first kappa shape index (κ1) is 11.0. The number of rotatable bonds is 3. The van der Waals surface area contributed by atoms with Crippen molar-refractivity contribution < 1.29 is 9.53 Å². The van der Waals surface area contributed by atoms with Crippen molar-refractivity contribution in [2.75, 3.05) is 6.61 Å². The monoisotopic (exact) mass is 194 g/mol. The van der Waals surface area contributed by atoms with Crippen molar-refractivity contribution in [1.82, 2.24) is 0 Å². The summed E-state index contributed by atoms with van der Waals surface area (Å²) >= 11 is 0. The Morgan fingerprint density at radius 1 is 1.64 bits per heavy atom.